The van der Waals surface area contributed by atoms with Gasteiger partial charge in [0.1, 0.15) is 0 Å². The number of rotatable bonds is 2. The molecule has 0 spiro atoms. The van der Waals surface area contributed by atoms with Crippen molar-refractivity contribution in [1.82, 2.24) is 15.1 Å². The third kappa shape index (κ3) is 1.81. The Hall–Kier alpha value is -0.480. The Balaban J connectivity index is 2.33. The van der Waals surface area contributed by atoms with Gasteiger partial charge in [-0.2, -0.15) is 16.9 Å². The monoisotopic (exact) mass is 211 g/mol. The highest BCUT2D eigenvalue weighted by molar-refractivity contribution is 7.99. The summed E-state index contributed by atoms with van der Waals surface area (Å²) in [5.41, 5.74) is 4.18. The molecule has 1 aromatic rings. The molecule has 0 radical (unpaired) electrons. The summed E-state index contributed by atoms with van der Waals surface area (Å²) in [5.74, 6) is 2.47. The molecule has 78 valence electrons. The van der Waals surface area contributed by atoms with Crippen LogP contribution in [0.15, 0.2) is 0 Å². The number of nitrogens with zero attached hydrogens (tertiary/aromatic N) is 2. The summed E-state index contributed by atoms with van der Waals surface area (Å²) >= 11 is 2.04. The zero-order valence-electron chi connectivity index (χ0n) is 8.84. The lowest BCUT2D eigenvalue weighted by Crippen LogP contribution is -2.11. The van der Waals surface area contributed by atoms with Gasteiger partial charge in [-0.05, 0) is 30.5 Å². The van der Waals surface area contributed by atoms with E-state index in [9.17, 15) is 0 Å². The first-order valence-corrected chi connectivity index (χ1v) is 6.24. The average Bonchev–Trinajstić information content (AvgIpc) is 2.39. The lowest BCUT2D eigenvalue weighted by Gasteiger charge is -2.04. The number of aromatic nitrogens is 2. The molecule has 2 rings (SSSR count). The van der Waals surface area contributed by atoms with Crippen LogP contribution in [0, 0.1) is 0 Å². The highest BCUT2D eigenvalue weighted by Gasteiger charge is 2.17. The zero-order chi connectivity index (χ0) is 9.97. The second kappa shape index (κ2) is 4.36. The van der Waals surface area contributed by atoms with Crippen molar-refractivity contribution in [1.29, 1.82) is 0 Å². The number of aryl methyl sites for hydroxylation is 2. The van der Waals surface area contributed by atoms with E-state index in [0.717, 1.165) is 13.0 Å². The van der Waals surface area contributed by atoms with Crippen LogP contribution < -0.4 is 5.32 Å². The second-order valence-corrected chi connectivity index (χ2v) is 4.86. The van der Waals surface area contributed by atoms with Crippen molar-refractivity contribution in [3.8, 4) is 0 Å². The minimum atomic E-state index is 0.934. The molecule has 0 fully saturated rings. The minimum Gasteiger partial charge on any atom is -0.314 e. The summed E-state index contributed by atoms with van der Waals surface area (Å²) in [5, 5.41) is 7.81. The van der Waals surface area contributed by atoms with E-state index in [1.807, 2.05) is 23.5 Å². The lowest BCUT2D eigenvalue weighted by molar-refractivity contribution is 0.662. The maximum Gasteiger partial charge on any atom is 0.0668 e. The van der Waals surface area contributed by atoms with Gasteiger partial charge in [0.25, 0.3) is 0 Å². The van der Waals surface area contributed by atoms with Gasteiger partial charge in [0.05, 0.1) is 11.4 Å². The molecule has 0 amide bonds. The predicted molar refractivity (Wildman–Crippen MR) is 60.7 cm³/mol. The Labute approximate surface area is 89.3 Å². The molecule has 1 aliphatic heterocycles. The van der Waals surface area contributed by atoms with E-state index in [4.69, 9.17) is 0 Å². The molecule has 0 atom stereocenters. The molecule has 1 aromatic heterocycles. The first-order chi connectivity index (χ1) is 6.83. The molecule has 0 aromatic carbocycles. The summed E-state index contributed by atoms with van der Waals surface area (Å²) in [6.07, 6.45) is 2.32. The number of hydrogen-bond acceptors (Lipinski definition) is 3. The summed E-state index contributed by atoms with van der Waals surface area (Å²) in [4.78, 5) is 0. The van der Waals surface area contributed by atoms with E-state index in [0.29, 0.717) is 0 Å². The van der Waals surface area contributed by atoms with Gasteiger partial charge in [0, 0.05) is 20.0 Å². The van der Waals surface area contributed by atoms with Crippen molar-refractivity contribution in [3.63, 3.8) is 0 Å². The molecule has 0 aliphatic carbocycles. The van der Waals surface area contributed by atoms with Crippen LogP contribution in [0.1, 0.15) is 17.0 Å². The van der Waals surface area contributed by atoms with Gasteiger partial charge < -0.3 is 5.32 Å². The van der Waals surface area contributed by atoms with Gasteiger partial charge in [-0.1, -0.05) is 0 Å². The van der Waals surface area contributed by atoms with Gasteiger partial charge >= 0.3 is 0 Å². The van der Waals surface area contributed by atoms with E-state index < -0.39 is 0 Å². The predicted octanol–water partition coefficient (Wildman–Crippen LogP) is 0.971. The molecular formula is C10H17N3S. The Kier molecular flexibility index (Phi) is 3.13. The summed E-state index contributed by atoms with van der Waals surface area (Å²) in [6, 6.07) is 0. The molecule has 3 nitrogen and oxygen atoms in total. The number of nitrogens with one attached hydrogen (secondary N) is 1. The molecule has 2 heterocycles. The third-order valence-electron chi connectivity index (χ3n) is 2.68. The van der Waals surface area contributed by atoms with E-state index in [2.05, 4.69) is 17.5 Å². The fourth-order valence-electron chi connectivity index (χ4n) is 1.99. The van der Waals surface area contributed by atoms with E-state index >= 15 is 0 Å². The van der Waals surface area contributed by atoms with Crippen molar-refractivity contribution in [2.24, 2.45) is 7.05 Å². The maximum absolute atomic E-state index is 4.59. The molecule has 0 saturated carbocycles. The lowest BCUT2D eigenvalue weighted by atomic mass is 10.1. The normalized spacial score (nSPS) is 16.4. The summed E-state index contributed by atoms with van der Waals surface area (Å²) < 4.78 is 2.04. The van der Waals surface area contributed by atoms with Crippen LogP contribution in [-0.4, -0.2) is 28.3 Å². The number of thioether (sulfide) groups is 1. The third-order valence-corrected chi connectivity index (χ3v) is 3.67. The minimum absolute atomic E-state index is 0.934. The van der Waals surface area contributed by atoms with Crippen LogP contribution >= 0.6 is 11.8 Å². The highest BCUT2D eigenvalue weighted by Crippen LogP contribution is 2.22. The molecule has 0 saturated heterocycles. The van der Waals surface area contributed by atoms with Crippen LogP contribution in [0.2, 0.25) is 0 Å². The quantitative estimate of drug-likeness (QED) is 0.790. The van der Waals surface area contributed by atoms with E-state index in [-0.39, 0.29) is 0 Å². The molecule has 0 bridgehead atoms. The first kappa shape index (κ1) is 10.1. The van der Waals surface area contributed by atoms with Crippen molar-refractivity contribution in [3.05, 3.63) is 17.0 Å². The Morgan fingerprint density at radius 3 is 3.00 bits per heavy atom. The van der Waals surface area contributed by atoms with Gasteiger partial charge in [-0.15, -0.1) is 0 Å². The van der Waals surface area contributed by atoms with Crippen LogP contribution in [0.4, 0.5) is 0 Å². The van der Waals surface area contributed by atoms with Crippen molar-refractivity contribution in [2.45, 2.75) is 19.4 Å². The van der Waals surface area contributed by atoms with Crippen LogP contribution in [0.25, 0.3) is 0 Å². The topological polar surface area (TPSA) is 29.9 Å². The first-order valence-electron chi connectivity index (χ1n) is 5.09. The van der Waals surface area contributed by atoms with Gasteiger partial charge in [0.15, 0.2) is 0 Å². The summed E-state index contributed by atoms with van der Waals surface area (Å²) in [7, 11) is 4.04. The SMILES string of the molecule is CNCc1c2c(nn1C)CCSCC2. The van der Waals surface area contributed by atoms with E-state index in [1.165, 1.54) is 34.9 Å². The van der Waals surface area contributed by atoms with Crippen molar-refractivity contribution in [2.75, 3.05) is 18.6 Å². The molecule has 14 heavy (non-hydrogen) atoms. The maximum atomic E-state index is 4.59. The number of hydrogen-bond donors (Lipinski definition) is 1. The molecular weight excluding hydrogens is 194 g/mol. The molecule has 0 unspecified atom stereocenters. The second-order valence-electron chi connectivity index (χ2n) is 3.64. The summed E-state index contributed by atoms with van der Waals surface area (Å²) in [6.45, 7) is 0.934. The highest BCUT2D eigenvalue weighted by atomic mass is 32.2. The molecule has 1 N–H and O–H groups in total. The largest absolute Gasteiger partial charge is 0.314 e. The fraction of sp³-hybridized carbons (Fsp3) is 0.700. The standard InChI is InChI=1S/C10H17N3S/c1-11-7-10-8-3-5-14-6-4-9(8)12-13(10)2/h11H,3-7H2,1-2H3. The van der Waals surface area contributed by atoms with E-state index in [1.54, 1.807) is 0 Å². The van der Waals surface area contributed by atoms with Gasteiger partial charge in [-0.25, -0.2) is 0 Å². The van der Waals surface area contributed by atoms with Crippen LogP contribution in [0.5, 0.6) is 0 Å². The van der Waals surface area contributed by atoms with Crippen molar-refractivity contribution >= 4 is 11.8 Å². The Morgan fingerprint density at radius 1 is 1.43 bits per heavy atom. The fourth-order valence-corrected chi connectivity index (χ4v) is 2.88. The number of fused-ring (bicyclic) bond motifs is 1. The smallest absolute Gasteiger partial charge is 0.0668 e. The van der Waals surface area contributed by atoms with Crippen LogP contribution in [-0.2, 0) is 26.4 Å². The van der Waals surface area contributed by atoms with Gasteiger partial charge in [-0.3, -0.25) is 4.68 Å². The Bertz CT molecular complexity index is 319. The molecule has 4 heteroatoms. The van der Waals surface area contributed by atoms with Crippen molar-refractivity contribution < 1.29 is 0 Å². The molecule has 1 aliphatic rings. The van der Waals surface area contributed by atoms with Crippen LogP contribution in [0.3, 0.4) is 0 Å². The zero-order valence-corrected chi connectivity index (χ0v) is 9.65. The van der Waals surface area contributed by atoms with Gasteiger partial charge in [0.2, 0.25) is 0 Å². The average molecular weight is 211 g/mol. The Morgan fingerprint density at radius 2 is 2.21 bits per heavy atom.